The van der Waals surface area contributed by atoms with Crippen LogP contribution in [0.1, 0.15) is 107 Å². The Morgan fingerprint density at radius 3 is 1.88 bits per heavy atom. The SMILES string of the molecule is CO[C@H]1[C@@H](O)[C@H](O[C@H]2[C@@H](O)C[C@H](O[C@H]3CC[C@@]4(C)[C@@H](CC[C@]5(O)[C@@H]4[C@H](OC(=O)c4ccccc4)[C@@H](OC(=O)c4ccccc4)[C@]4(C)[C@@H](C(C)=O)CC[C@@]45O)C3)O[C@@H]2C)O[C@H](C)[C@H]1O[C@@H]1O[C@H](CO)[C@@H](O)[C@H](O)[C@H]1O. The number of benzene rings is 2. The van der Waals surface area contributed by atoms with Gasteiger partial charge in [-0.05, 0) is 101 Å². The summed E-state index contributed by atoms with van der Waals surface area (Å²) < 4.78 is 55.4. The molecule has 20 heteroatoms. The number of aliphatic hydroxyl groups excluding tert-OH is 6. The summed E-state index contributed by atoms with van der Waals surface area (Å²) in [5, 5.41) is 90.6. The lowest BCUT2D eigenvalue weighted by Crippen LogP contribution is -2.81. The fourth-order valence-electron chi connectivity index (χ4n) is 14.4. The molecule has 2 aromatic carbocycles. The van der Waals surface area contributed by atoms with E-state index in [0.717, 1.165) is 0 Å². The van der Waals surface area contributed by atoms with Gasteiger partial charge in [-0.15, -0.1) is 0 Å². The summed E-state index contributed by atoms with van der Waals surface area (Å²) in [5.74, 6) is -3.68. The average Bonchev–Trinajstić information content (AvgIpc) is 3.67. The first-order valence-corrected chi connectivity index (χ1v) is 26.1. The maximum absolute atomic E-state index is 14.3. The van der Waals surface area contributed by atoms with Gasteiger partial charge in [0.15, 0.2) is 18.9 Å². The summed E-state index contributed by atoms with van der Waals surface area (Å²) >= 11 is 0. The van der Waals surface area contributed by atoms with E-state index in [4.69, 9.17) is 42.6 Å². The molecule has 0 bridgehead atoms. The van der Waals surface area contributed by atoms with Crippen LogP contribution in [0.15, 0.2) is 60.7 Å². The molecule has 3 saturated heterocycles. The van der Waals surface area contributed by atoms with Crippen molar-refractivity contribution in [3.05, 3.63) is 71.8 Å². The van der Waals surface area contributed by atoms with Crippen LogP contribution in [0.25, 0.3) is 0 Å². The highest BCUT2D eigenvalue weighted by Crippen LogP contribution is 2.71. The second-order valence-corrected chi connectivity index (χ2v) is 22.3. The Labute approximate surface area is 430 Å². The topological polar surface area (TPSA) is 296 Å². The van der Waals surface area contributed by atoms with Crippen molar-refractivity contribution in [1.82, 2.24) is 0 Å². The molecule has 4 aliphatic carbocycles. The normalized spacial score (nSPS) is 47.1. The number of hydrogen-bond donors (Lipinski definition) is 8. The number of carbonyl (C=O) groups is 3. The number of Topliss-reactive ketones (excluding diaryl/α,β-unsaturated/α-hetero) is 1. The van der Waals surface area contributed by atoms with Crippen LogP contribution in [0.2, 0.25) is 0 Å². The van der Waals surface area contributed by atoms with E-state index in [2.05, 4.69) is 0 Å². The predicted molar refractivity (Wildman–Crippen MR) is 255 cm³/mol. The van der Waals surface area contributed by atoms with Crippen LogP contribution in [0.4, 0.5) is 0 Å². The third-order valence-corrected chi connectivity index (χ3v) is 18.4. The zero-order chi connectivity index (χ0) is 53.2. The predicted octanol–water partition coefficient (Wildman–Crippen LogP) is 1.71. The van der Waals surface area contributed by atoms with Crippen molar-refractivity contribution in [1.29, 1.82) is 0 Å². The minimum absolute atomic E-state index is 0.0142. The highest BCUT2D eigenvalue weighted by molar-refractivity contribution is 5.90. The Balaban J connectivity index is 0.910. The van der Waals surface area contributed by atoms with E-state index in [1.165, 1.54) is 14.0 Å². The smallest absolute Gasteiger partial charge is 0.338 e. The average molecular weight is 1040 g/mol. The molecule has 24 atom stereocenters. The molecule has 0 spiro atoms. The maximum atomic E-state index is 14.3. The van der Waals surface area contributed by atoms with Gasteiger partial charge in [-0.3, -0.25) is 4.79 Å². The molecule has 410 valence electrons. The third kappa shape index (κ3) is 9.36. The third-order valence-electron chi connectivity index (χ3n) is 18.4. The van der Waals surface area contributed by atoms with Gasteiger partial charge in [0, 0.05) is 30.8 Å². The van der Waals surface area contributed by atoms with E-state index in [9.17, 15) is 55.2 Å². The van der Waals surface area contributed by atoms with Crippen LogP contribution in [-0.4, -0.2) is 188 Å². The van der Waals surface area contributed by atoms with Gasteiger partial charge in [-0.1, -0.05) is 50.2 Å². The lowest BCUT2D eigenvalue weighted by atomic mass is 9.39. The highest BCUT2D eigenvalue weighted by atomic mass is 16.8. The van der Waals surface area contributed by atoms with Crippen molar-refractivity contribution in [2.45, 2.75) is 202 Å². The van der Waals surface area contributed by atoms with Gasteiger partial charge in [0.25, 0.3) is 0 Å². The van der Waals surface area contributed by atoms with Crippen LogP contribution in [0.5, 0.6) is 0 Å². The van der Waals surface area contributed by atoms with Crippen LogP contribution in [-0.2, 0) is 47.4 Å². The number of methoxy groups -OCH3 is 1. The number of esters is 2. The molecule has 2 aromatic rings. The first-order chi connectivity index (χ1) is 35.1. The van der Waals surface area contributed by atoms with E-state index in [-0.39, 0.29) is 48.5 Å². The second-order valence-electron chi connectivity index (χ2n) is 22.3. The fourth-order valence-corrected chi connectivity index (χ4v) is 14.4. The Hall–Kier alpha value is -3.55. The zero-order valence-corrected chi connectivity index (χ0v) is 42.7. The molecule has 3 aliphatic heterocycles. The zero-order valence-electron chi connectivity index (χ0n) is 42.7. The lowest BCUT2D eigenvalue weighted by molar-refractivity contribution is -0.371. The maximum Gasteiger partial charge on any atom is 0.338 e. The molecule has 0 unspecified atom stereocenters. The van der Waals surface area contributed by atoms with Gasteiger partial charge in [-0.2, -0.15) is 0 Å². The van der Waals surface area contributed by atoms with Crippen molar-refractivity contribution in [3.63, 3.8) is 0 Å². The Kier molecular flexibility index (Phi) is 15.9. The van der Waals surface area contributed by atoms with Crippen LogP contribution in [0, 0.1) is 28.6 Å². The minimum Gasteiger partial charge on any atom is -0.454 e. The number of hydrogen-bond acceptors (Lipinski definition) is 20. The Morgan fingerprint density at radius 2 is 1.27 bits per heavy atom. The summed E-state index contributed by atoms with van der Waals surface area (Å²) in [6, 6.07) is 16.7. The lowest BCUT2D eigenvalue weighted by Gasteiger charge is -2.69. The molecule has 0 radical (unpaired) electrons. The summed E-state index contributed by atoms with van der Waals surface area (Å²) in [6.07, 6.45) is -18.5. The molecule has 20 nitrogen and oxygen atoms in total. The summed E-state index contributed by atoms with van der Waals surface area (Å²) in [6.45, 7) is 7.77. The number of rotatable bonds is 13. The van der Waals surface area contributed by atoms with Gasteiger partial charge in [0.05, 0.1) is 42.1 Å². The Morgan fingerprint density at radius 1 is 0.662 bits per heavy atom. The van der Waals surface area contributed by atoms with Crippen molar-refractivity contribution in [3.8, 4) is 0 Å². The number of aliphatic hydroxyl groups is 8. The summed E-state index contributed by atoms with van der Waals surface area (Å²) in [5.41, 5.74) is -5.78. The molecule has 8 N–H and O–H groups in total. The van der Waals surface area contributed by atoms with E-state index < -0.39 is 157 Å². The molecule has 9 rings (SSSR count). The largest absolute Gasteiger partial charge is 0.454 e. The number of ether oxygens (including phenoxy) is 9. The van der Waals surface area contributed by atoms with E-state index in [1.807, 2.05) is 6.92 Å². The molecule has 74 heavy (non-hydrogen) atoms. The van der Waals surface area contributed by atoms with Gasteiger partial charge >= 0.3 is 11.9 Å². The van der Waals surface area contributed by atoms with E-state index in [1.54, 1.807) is 81.4 Å². The standard InChI is InChI=1S/C54H74O20/c1-26(56)33-19-22-54(65)52(33,5)46(74-48(63)30-15-11-8-12-16-30)44(71-47(62)29-13-9-7-10-14-29)45-51(4)20-18-32(23-31(51)17-21-53(45,54)64)69-36-24-34(57)41(27(2)67-36)72-50-40(61)43(66-6)42(28(3)68-50)73-49-39(60)38(59)37(58)35(25-55)70-49/h7-16,27-28,31-46,49-50,55,57-61,64-65H,17-25H2,1-6H3/t27-,28-,31+,32+,33-,34+,35-,36+,37-,38+,39-,40-,41-,42-,43+,44+,45-,46-,49+,50+,51+,52+,53+,54-/m1/s1. The monoisotopic (exact) mass is 1040 g/mol. The molecule has 7 fully saturated rings. The van der Waals surface area contributed by atoms with E-state index in [0.29, 0.717) is 25.7 Å². The van der Waals surface area contributed by atoms with Crippen LogP contribution in [0.3, 0.4) is 0 Å². The van der Waals surface area contributed by atoms with Gasteiger partial charge < -0.3 is 83.5 Å². The molecular formula is C54H74O20. The van der Waals surface area contributed by atoms with Crippen LogP contribution >= 0.6 is 0 Å². The highest BCUT2D eigenvalue weighted by Gasteiger charge is 2.81. The number of fused-ring (bicyclic) bond motifs is 5. The fraction of sp³-hybridized carbons (Fsp3) is 0.722. The van der Waals surface area contributed by atoms with Gasteiger partial charge in [-0.25, -0.2) is 9.59 Å². The number of ketones is 1. The van der Waals surface area contributed by atoms with Crippen molar-refractivity contribution >= 4 is 17.7 Å². The molecule has 4 saturated carbocycles. The molecule has 3 heterocycles. The first kappa shape index (κ1) is 55.2. The molecule has 7 aliphatic rings. The van der Waals surface area contributed by atoms with Gasteiger partial charge in [0.2, 0.25) is 0 Å². The van der Waals surface area contributed by atoms with Crippen molar-refractivity contribution in [2.24, 2.45) is 28.6 Å². The molecule has 0 amide bonds. The molecule has 0 aromatic heterocycles. The van der Waals surface area contributed by atoms with E-state index >= 15 is 0 Å². The van der Waals surface area contributed by atoms with Crippen molar-refractivity contribution in [2.75, 3.05) is 13.7 Å². The van der Waals surface area contributed by atoms with Gasteiger partial charge in [0.1, 0.15) is 78.0 Å². The number of carbonyl (C=O) groups excluding carboxylic acids is 3. The second kappa shape index (κ2) is 21.4. The first-order valence-electron chi connectivity index (χ1n) is 26.1. The van der Waals surface area contributed by atoms with Crippen LogP contribution < -0.4 is 0 Å². The summed E-state index contributed by atoms with van der Waals surface area (Å²) in [7, 11) is 1.32. The van der Waals surface area contributed by atoms with Crippen molar-refractivity contribution < 1.29 is 97.9 Å². The summed E-state index contributed by atoms with van der Waals surface area (Å²) in [4.78, 5) is 42.1. The Bertz CT molecular complexity index is 2280. The quantitative estimate of drug-likeness (QED) is 0.105. The minimum atomic E-state index is -1.94. The molecular weight excluding hydrogens is 969 g/mol.